The van der Waals surface area contributed by atoms with Crippen LogP contribution in [0.4, 0.5) is 11.4 Å². The van der Waals surface area contributed by atoms with Gasteiger partial charge in [0.15, 0.2) is 0 Å². The highest BCUT2D eigenvalue weighted by Gasteiger charge is 2.21. The van der Waals surface area contributed by atoms with Gasteiger partial charge in [-0.2, -0.15) is 0 Å². The molecule has 0 saturated carbocycles. The van der Waals surface area contributed by atoms with Gasteiger partial charge in [0.1, 0.15) is 0 Å². The average Bonchev–Trinajstić information content (AvgIpc) is 2.83. The van der Waals surface area contributed by atoms with E-state index in [2.05, 4.69) is 10.6 Å². The van der Waals surface area contributed by atoms with Gasteiger partial charge in [-0.1, -0.05) is 36.4 Å². The number of para-hydroxylation sites is 2. The Labute approximate surface area is 184 Å². The van der Waals surface area contributed by atoms with Crippen LogP contribution in [0.2, 0.25) is 0 Å². The van der Waals surface area contributed by atoms with E-state index in [4.69, 9.17) is 9.47 Å². The molecule has 8 heteroatoms. The maximum absolute atomic E-state index is 13.0. The van der Waals surface area contributed by atoms with E-state index in [1.54, 1.807) is 48.5 Å². The molecule has 3 rings (SSSR count). The first kappa shape index (κ1) is 22.2. The number of amides is 2. The fourth-order valence-corrected chi connectivity index (χ4v) is 3.02. The summed E-state index contributed by atoms with van der Waals surface area (Å²) < 4.78 is 9.48. The fourth-order valence-electron chi connectivity index (χ4n) is 3.02. The first-order valence-corrected chi connectivity index (χ1v) is 9.52. The van der Waals surface area contributed by atoms with E-state index in [0.717, 1.165) is 0 Å². The number of hydrogen-bond acceptors (Lipinski definition) is 6. The number of carbonyl (C=O) groups excluding carboxylic acids is 4. The van der Waals surface area contributed by atoms with Crippen LogP contribution in [-0.2, 0) is 9.47 Å². The number of anilines is 2. The molecule has 0 aliphatic heterocycles. The molecule has 0 aromatic heterocycles. The zero-order chi connectivity index (χ0) is 23.1. The zero-order valence-electron chi connectivity index (χ0n) is 17.4. The zero-order valence-corrected chi connectivity index (χ0v) is 17.4. The topological polar surface area (TPSA) is 111 Å². The van der Waals surface area contributed by atoms with E-state index in [1.807, 2.05) is 0 Å². The van der Waals surface area contributed by atoms with Gasteiger partial charge >= 0.3 is 11.9 Å². The summed E-state index contributed by atoms with van der Waals surface area (Å²) in [5.74, 6) is -2.39. The predicted octanol–water partition coefficient (Wildman–Crippen LogP) is 3.76. The van der Waals surface area contributed by atoms with Crippen LogP contribution < -0.4 is 10.6 Å². The minimum Gasteiger partial charge on any atom is -0.465 e. The second-order valence-electron chi connectivity index (χ2n) is 6.53. The number of rotatable bonds is 6. The van der Waals surface area contributed by atoms with Crippen molar-refractivity contribution in [3.63, 3.8) is 0 Å². The first-order chi connectivity index (χ1) is 15.5. The number of methoxy groups -OCH3 is 2. The third-order valence-corrected chi connectivity index (χ3v) is 4.58. The van der Waals surface area contributed by atoms with Gasteiger partial charge < -0.3 is 20.1 Å². The molecular weight excluding hydrogens is 412 g/mol. The Kier molecular flexibility index (Phi) is 6.97. The van der Waals surface area contributed by atoms with Crippen LogP contribution in [0.5, 0.6) is 0 Å². The lowest BCUT2D eigenvalue weighted by atomic mass is 10.0. The summed E-state index contributed by atoms with van der Waals surface area (Å²) >= 11 is 0. The lowest BCUT2D eigenvalue weighted by molar-refractivity contribution is 0.0592. The van der Waals surface area contributed by atoms with Crippen molar-refractivity contribution in [2.24, 2.45) is 0 Å². The summed E-state index contributed by atoms with van der Waals surface area (Å²) in [5.41, 5.74) is 1.02. The van der Waals surface area contributed by atoms with E-state index >= 15 is 0 Å². The molecule has 0 unspecified atom stereocenters. The number of nitrogens with one attached hydrogen (secondary N) is 2. The quantitative estimate of drug-likeness (QED) is 0.574. The van der Waals surface area contributed by atoms with Gasteiger partial charge in [-0.25, -0.2) is 9.59 Å². The lowest BCUT2D eigenvalue weighted by Gasteiger charge is -2.13. The molecule has 32 heavy (non-hydrogen) atoms. The van der Waals surface area contributed by atoms with Crippen LogP contribution >= 0.6 is 0 Å². The normalized spacial score (nSPS) is 10.1. The highest BCUT2D eigenvalue weighted by molar-refractivity contribution is 6.17. The van der Waals surface area contributed by atoms with Crippen LogP contribution in [0.1, 0.15) is 41.4 Å². The Morgan fingerprint density at radius 1 is 0.531 bits per heavy atom. The highest BCUT2D eigenvalue weighted by atomic mass is 16.5. The van der Waals surface area contributed by atoms with E-state index in [1.165, 1.54) is 38.5 Å². The Morgan fingerprint density at radius 3 is 1.19 bits per heavy atom. The first-order valence-electron chi connectivity index (χ1n) is 9.52. The van der Waals surface area contributed by atoms with Crippen molar-refractivity contribution in [3.8, 4) is 0 Å². The molecule has 0 aliphatic carbocycles. The van der Waals surface area contributed by atoms with Crippen molar-refractivity contribution >= 4 is 35.1 Å². The molecular formula is C24H20N2O6. The molecule has 0 radical (unpaired) electrons. The minimum atomic E-state index is -0.605. The monoisotopic (exact) mass is 432 g/mol. The molecule has 0 spiro atoms. The van der Waals surface area contributed by atoms with Crippen molar-refractivity contribution in [2.75, 3.05) is 24.9 Å². The summed E-state index contributed by atoms with van der Waals surface area (Å²) in [6, 6.07) is 18.9. The van der Waals surface area contributed by atoms with E-state index < -0.39 is 23.8 Å². The van der Waals surface area contributed by atoms with Crippen molar-refractivity contribution in [2.45, 2.75) is 0 Å². The summed E-state index contributed by atoms with van der Waals surface area (Å²) in [5, 5.41) is 5.29. The van der Waals surface area contributed by atoms with Crippen LogP contribution in [0, 0.1) is 0 Å². The number of ether oxygens (including phenoxy) is 2. The second-order valence-corrected chi connectivity index (χ2v) is 6.53. The Bertz CT molecular complexity index is 1100. The molecule has 0 saturated heterocycles. The Balaban J connectivity index is 1.89. The third-order valence-electron chi connectivity index (χ3n) is 4.58. The van der Waals surface area contributed by atoms with Gasteiger partial charge in [0, 0.05) is 0 Å². The van der Waals surface area contributed by atoms with E-state index in [-0.39, 0.29) is 33.6 Å². The fraction of sp³-hybridized carbons (Fsp3) is 0.0833. The van der Waals surface area contributed by atoms with E-state index in [0.29, 0.717) is 0 Å². The lowest BCUT2D eigenvalue weighted by Crippen LogP contribution is -2.22. The molecule has 3 aromatic carbocycles. The summed E-state index contributed by atoms with van der Waals surface area (Å²) in [4.78, 5) is 49.9. The van der Waals surface area contributed by atoms with Crippen molar-refractivity contribution in [1.82, 2.24) is 0 Å². The summed E-state index contributed by atoms with van der Waals surface area (Å²) in [7, 11) is 2.49. The van der Waals surface area contributed by atoms with Crippen molar-refractivity contribution in [3.05, 3.63) is 95.1 Å². The van der Waals surface area contributed by atoms with Crippen molar-refractivity contribution in [1.29, 1.82) is 0 Å². The average molecular weight is 432 g/mol. The second kappa shape index (κ2) is 10.0. The van der Waals surface area contributed by atoms with Gasteiger partial charge in [0.2, 0.25) is 0 Å². The number of esters is 2. The standard InChI is InChI=1S/C24H20N2O6/c1-31-23(29)17-11-5-7-13-19(17)25-21(27)15-9-3-4-10-16(15)22(28)26-20-14-8-6-12-18(20)24(30)32-2/h3-14H,1-2H3,(H,25,27)(H,26,28). The van der Waals surface area contributed by atoms with Crippen LogP contribution in [-0.4, -0.2) is 38.0 Å². The van der Waals surface area contributed by atoms with Crippen LogP contribution in [0.25, 0.3) is 0 Å². The SMILES string of the molecule is COC(=O)c1ccccc1NC(=O)c1ccccc1C(=O)Nc1ccccc1C(=O)OC. The smallest absolute Gasteiger partial charge is 0.339 e. The number of carbonyl (C=O) groups is 4. The third kappa shape index (κ3) is 4.81. The highest BCUT2D eigenvalue weighted by Crippen LogP contribution is 2.21. The minimum absolute atomic E-state index is 0.0835. The van der Waals surface area contributed by atoms with Gasteiger partial charge in [0.25, 0.3) is 11.8 Å². The molecule has 0 aliphatic rings. The maximum atomic E-state index is 13.0. The number of hydrogen-bond donors (Lipinski definition) is 2. The molecule has 0 fully saturated rings. The van der Waals surface area contributed by atoms with Gasteiger partial charge in [-0.15, -0.1) is 0 Å². The molecule has 0 atom stereocenters. The molecule has 162 valence electrons. The maximum Gasteiger partial charge on any atom is 0.339 e. The van der Waals surface area contributed by atoms with Crippen molar-refractivity contribution < 1.29 is 28.7 Å². The molecule has 8 nitrogen and oxygen atoms in total. The summed E-state index contributed by atoms with van der Waals surface area (Å²) in [6.45, 7) is 0. The van der Waals surface area contributed by atoms with Gasteiger partial charge in [-0.05, 0) is 36.4 Å². The molecule has 2 N–H and O–H groups in total. The molecule has 3 aromatic rings. The Morgan fingerprint density at radius 2 is 0.844 bits per heavy atom. The molecule has 2 amide bonds. The predicted molar refractivity (Wildman–Crippen MR) is 118 cm³/mol. The summed E-state index contributed by atoms with van der Waals surface area (Å²) in [6.07, 6.45) is 0. The van der Waals surface area contributed by atoms with E-state index in [9.17, 15) is 19.2 Å². The van der Waals surface area contributed by atoms with Crippen LogP contribution in [0.15, 0.2) is 72.8 Å². The Hall–Kier alpha value is -4.46. The van der Waals surface area contributed by atoms with Gasteiger partial charge in [-0.3, -0.25) is 9.59 Å². The number of benzene rings is 3. The van der Waals surface area contributed by atoms with Gasteiger partial charge in [0.05, 0.1) is 47.8 Å². The molecule has 0 bridgehead atoms. The van der Waals surface area contributed by atoms with Crippen LogP contribution in [0.3, 0.4) is 0 Å². The largest absolute Gasteiger partial charge is 0.465 e. The molecule has 0 heterocycles.